The quantitative estimate of drug-likeness (QED) is 0.462. The van der Waals surface area contributed by atoms with E-state index in [1.807, 2.05) is 0 Å². The molecule has 0 aliphatic heterocycles. The van der Waals surface area contributed by atoms with E-state index in [9.17, 15) is 13.6 Å². The van der Waals surface area contributed by atoms with Crippen molar-refractivity contribution in [2.45, 2.75) is 11.8 Å². The molecule has 0 spiro atoms. The number of thioether (sulfide) groups is 1. The summed E-state index contributed by atoms with van der Waals surface area (Å²) in [5, 5.41) is 0.392. The molecule has 0 saturated heterocycles. The van der Waals surface area contributed by atoms with Crippen molar-refractivity contribution in [1.82, 2.24) is 9.97 Å². The van der Waals surface area contributed by atoms with Gasteiger partial charge in [0.05, 0.1) is 18.6 Å². The summed E-state index contributed by atoms with van der Waals surface area (Å²) in [6, 6.07) is 7.85. The Bertz CT molecular complexity index is 655. The van der Waals surface area contributed by atoms with E-state index in [1.165, 1.54) is 25.4 Å². The van der Waals surface area contributed by atoms with Crippen LogP contribution in [0, 0.1) is 0 Å². The number of ether oxygens (including phenoxy) is 2. The first-order chi connectivity index (χ1) is 10.6. The molecule has 1 aromatic heterocycles. The molecule has 0 saturated carbocycles. The van der Waals surface area contributed by atoms with E-state index < -0.39 is 6.61 Å². The second kappa shape index (κ2) is 7.69. The van der Waals surface area contributed by atoms with Crippen LogP contribution >= 0.6 is 11.8 Å². The van der Waals surface area contributed by atoms with E-state index in [1.54, 1.807) is 18.2 Å². The van der Waals surface area contributed by atoms with Crippen LogP contribution in [0.15, 0.2) is 41.7 Å². The maximum absolute atomic E-state index is 12.2. The summed E-state index contributed by atoms with van der Waals surface area (Å²) in [5.74, 6) is -0.240. The number of benzene rings is 1. The zero-order valence-corrected chi connectivity index (χ0v) is 12.3. The van der Waals surface area contributed by atoms with Crippen molar-refractivity contribution in [3.05, 3.63) is 36.5 Å². The number of rotatable bonds is 6. The van der Waals surface area contributed by atoms with Crippen LogP contribution < -0.4 is 4.74 Å². The summed E-state index contributed by atoms with van der Waals surface area (Å²) in [6.07, 6.45) is 1.53. The largest absolute Gasteiger partial charge is 0.468 e. The van der Waals surface area contributed by atoms with E-state index in [2.05, 4.69) is 19.4 Å². The van der Waals surface area contributed by atoms with Crippen LogP contribution in [0.2, 0.25) is 0 Å². The Balaban J connectivity index is 2.16. The highest BCUT2D eigenvalue weighted by atomic mass is 32.2. The Morgan fingerprint density at radius 3 is 2.91 bits per heavy atom. The van der Waals surface area contributed by atoms with E-state index in [0.717, 1.165) is 11.8 Å². The van der Waals surface area contributed by atoms with Crippen molar-refractivity contribution in [3.63, 3.8) is 0 Å². The fourth-order valence-corrected chi connectivity index (χ4v) is 2.25. The maximum atomic E-state index is 12.2. The summed E-state index contributed by atoms with van der Waals surface area (Å²) in [4.78, 5) is 19.4. The lowest BCUT2D eigenvalue weighted by Crippen LogP contribution is -2.04. The standard InChI is InChI=1S/C14H12F2N2O3S/c1-20-12(19)8-22-14-17-6-5-11(18-14)9-3-2-4-10(7-9)21-13(15)16/h2-7,13H,8H2,1H3. The van der Waals surface area contributed by atoms with Crippen molar-refractivity contribution in [1.29, 1.82) is 0 Å². The lowest BCUT2D eigenvalue weighted by atomic mass is 10.1. The number of esters is 1. The molecule has 22 heavy (non-hydrogen) atoms. The molecule has 0 bridgehead atoms. The van der Waals surface area contributed by atoms with Gasteiger partial charge in [-0.25, -0.2) is 9.97 Å². The Morgan fingerprint density at radius 2 is 2.18 bits per heavy atom. The van der Waals surface area contributed by atoms with Crippen molar-refractivity contribution < 1.29 is 23.0 Å². The Kier molecular flexibility index (Phi) is 5.65. The van der Waals surface area contributed by atoms with Gasteiger partial charge in [-0.15, -0.1) is 0 Å². The lowest BCUT2D eigenvalue weighted by Gasteiger charge is -2.07. The molecule has 2 rings (SSSR count). The van der Waals surface area contributed by atoms with Crippen molar-refractivity contribution >= 4 is 17.7 Å². The summed E-state index contributed by atoms with van der Waals surface area (Å²) in [7, 11) is 1.30. The first-order valence-corrected chi connectivity index (χ1v) is 7.15. The van der Waals surface area contributed by atoms with Gasteiger partial charge in [0.1, 0.15) is 5.75 Å². The average Bonchev–Trinajstić information content (AvgIpc) is 2.52. The van der Waals surface area contributed by atoms with Crippen LogP contribution in [-0.4, -0.2) is 35.4 Å². The van der Waals surface area contributed by atoms with Crippen molar-refractivity contribution in [3.8, 4) is 17.0 Å². The topological polar surface area (TPSA) is 61.3 Å². The summed E-state index contributed by atoms with van der Waals surface area (Å²) >= 11 is 1.13. The Hall–Kier alpha value is -2.22. The third-order valence-corrected chi connectivity index (χ3v) is 3.37. The molecular formula is C14H12F2N2O3S. The molecule has 0 radical (unpaired) electrons. The molecule has 0 fully saturated rings. The average molecular weight is 326 g/mol. The van der Waals surface area contributed by atoms with Gasteiger partial charge in [-0.05, 0) is 18.2 Å². The number of alkyl halides is 2. The van der Waals surface area contributed by atoms with Gasteiger partial charge >= 0.3 is 12.6 Å². The molecule has 0 unspecified atom stereocenters. The minimum absolute atomic E-state index is 0.0508. The van der Waals surface area contributed by atoms with Gasteiger partial charge in [0.25, 0.3) is 0 Å². The molecule has 1 aromatic carbocycles. The number of carbonyl (C=O) groups excluding carboxylic acids is 1. The highest BCUT2D eigenvalue weighted by molar-refractivity contribution is 7.99. The van der Waals surface area contributed by atoms with Crippen LogP contribution in [0.25, 0.3) is 11.3 Å². The minimum Gasteiger partial charge on any atom is -0.468 e. The molecule has 2 aromatic rings. The van der Waals surface area contributed by atoms with E-state index >= 15 is 0 Å². The number of hydrogen-bond acceptors (Lipinski definition) is 6. The van der Waals surface area contributed by atoms with E-state index in [0.29, 0.717) is 16.4 Å². The first-order valence-electron chi connectivity index (χ1n) is 6.16. The third-order valence-electron chi connectivity index (χ3n) is 2.54. The number of hydrogen-bond donors (Lipinski definition) is 0. The van der Waals surface area contributed by atoms with Crippen molar-refractivity contribution in [2.75, 3.05) is 12.9 Å². The minimum atomic E-state index is -2.88. The maximum Gasteiger partial charge on any atom is 0.387 e. The molecule has 8 heteroatoms. The zero-order chi connectivity index (χ0) is 15.9. The molecule has 5 nitrogen and oxygen atoms in total. The molecule has 0 aliphatic rings. The molecule has 1 heterocycles. The number of carbonyl (C=O) groups is 1. The zero-order valence-electron chi connectivity index (χ0n) is 11.5. The summed E-state index contributed by atoms with van der Waals surface area (Å²) in [6.45, 7) is -2.88. The smallest absolute Gasteiger partial charge is 0.387 e. The summed E-state index contributed by atoms with van der Waals surface area (Å²) in [5.41, 5.74) is 1.16. The molecule has 0 amide bonds. The van der Waals surface area contributed by atoms with Crippen LogP contribution in [0.3, 0.4) is 0 Å². The fourth-order valence-electron chi connectivity index (χ4n) is 1.59. The number of methoxy groups -OCH3 is 1. The molecule has 0 aliphatic carbocycles. The normalized spacial score (nSPS) is 10.5. The van der Waals surface area contributed by atoms with E-state index in [-0.39, 0.29) is 17.5 Å². The predicted molar refractivity (Wildman–Crippen MR) is 76.8 cm³/mol. The fraction of sp³-hybridized carbons (Fsp3) is 0.214. The monoisotopic (exact) mass is 326 g/mol. The first kappa shape index (κ1) is 16.2. The van der Waals surface area contributed by atoms with Gasteiger partial charge in [-0.1, -0.05) is 23.9 Å². The predicted octanol–water partition coefficient (Wildman–Crippen LogP) is 3.01. The van der Waals surface area contributed by atoms with Gasteiger partial charge < -0.3 is 9.47 Å². The third kappa shape index (κ3) is 4.66. The number of halogens is 2. The Labute approximate surface area is 129 Å². The van der Waals surface area contributed by atoms with Crippen LogP contribution in [0.1, 0.15) is 0 Å². The second-order valence-electron chi connectivity index (χ2n) is 4.00. The van der Waals surface area contributed by atoms with Gasteiger partial charge in [-0.3, -0.25) is 4.79 Å². The highest BCUT2D eigenvalue weighted by Gasteiger charge is 2.09. The lowest BCUT2D eigenvalue weighted by molar-refractivity contribution is -0.137. The molecule has 0 atom stereocenters. The van der Waals surface area contributed by atoms with Crippen molar-refractivity contribution in [2.24, 2.45) is 0 Å². The van der Waals surface area contributed by atoms with Gasteiger partial charge in [0.2, 0.25) is 0 Å². The number of aromatic nitrogens is 2. The van der Waals surface area contributed by atoms with Gasteiger partial charge in [0.15, 0.2) is 5.16 Å². The second-order valence-corrected chi connectivity index (χ2v) is 4.94. The Morgan fingerprint density at radius 1 is 1.36 bits per heavy atom. The van der Waals surface area contributed by atoms with Crippen LogP contribution in [0.4, 0.5) is 8.78 Å². The molecule has 116 valence electrons. The number of nitrogens with zero attached hydrogens (tertiary/aromatic N) is 2. The van der Waals surface area contributed by atoms with Gasteiger partial charge in [-0.2, -0.15) is 8.78 Å². The van der Waals surface area contributed by atoms with E-state index in [4.69, 9.17) is 0 Å². The SMILES string of the molecule is COC(=O)CSc1nccc(-c2cccc(OC(F)F)c2)n1. The summed E-state index contributed by atoms with van der Waals surface area (Å²) < 4.78 is 33.4. The highest BCUT2D eigenvalue weighted by Crippen LogP contribution is 2.24. The van der Waals surface area contributed by atoms with Crippen LogP contribution in [0.5, 0.6) is 5.75 Å². The van der Waals surface area contributed by atoms with Crippen LogP contribution in [-0.2, 0) is 9.53 Å². The van der Waals surface area contributed by atoms with Gasteiger partial charge in [0, 0.05) is 11.8 Å². The molecular weight excluding hydrogens is 314 g/mol. The molecule has 0 N–H and O–H groups in total.